The van der Waals surface area contributed by atoms with E-state index in [-0.39, 0.29) is 47.1 Å². The van der Waals surface area contributed by atoms with E-state index in [0.29, 0.717) is 28.0 Å². The summed E-state index contributed by atoms with van der Waals surface area (Å²) in [4.78, 5) is 33.9. The van der Waals surface area contributed by atoms with Crippen LogP contribution in [0.5, 0.6) is 11.5 Å². The molecule has 0 saturated carbocycles. The van der Waals surface area contributed by atoms with Crippen LogP contribution in [0.2, 0.25) is 0 Å². The van der Waals surface area contributed by atoms with Crippen LogP contribution in [0.4, 0.5) is 15.8 Å². The number of ketones is 1. The van der Waals surface area contributed by atoms with Gasteiger partial charge in [0.15, 0.2) is 5.78 Å². The van der Waals surface area contributed by atoms with E-state index >= 15 is 4.39 Å². The molecule has 4 aromatic rings. The number of amides is 1. The Balaban J connectivity index is 1.52. The maximum Gasteiger partial charge on any atom is 0.277 e. The molecule has 0 fully saturated rings. The zero-order chi connectivity index (χ0) is 30.3. The number of benzene rings is 3. The molecular weight excluding hydrogens is 613 g/mol. The number of halogens is 2. The maximum absolute atomic E-state index is 16.2. The highest BCUT2D eigenvalue weighted by Gasteiger charge is 2.45. The Labute approximate surface area is 257 Å². The molecule has 1 unspecified atom stereocenters. The molecule has 0 radical (unpaired) electrons. The molecule has 1 amide bonds. The van der Waals surface area contributed by atoms with E-state index in [0.717, 1.165) is 5.56 Å². The molecule has 0 spiro atoms. The number of Topliss-reactive ketones (excluding diaryl/α,β-unsaturated/α-hetero) is 1. The smallest absolute Gasteiger partial charge is 0.277 e. The van der Waals surface area contributed by atoms with Gasteiger partial charge in [-0.1, -0.05) is 50.2 Å². The Morgan fingerprint density at radius 3 is 2.60 bits per heavy atom. The van der Waals surface area contributed by atoms with Gasteiger partial charge < -0.3 is 15.2 Å². The molecule has 1 aliphatic heterocycles. The number of nitrogens with zero attached hydrogens (tertiary/aromatic N) is 2. The molecule has 3 aromatic carbocycles. The lowest BCUT2D eigenvalue weighted by molar-refractivity contribution is -0.118. The highest BCUT2D eigenvalue weighted by Crippen LogP contribution is 2.51. The quantitative estimate of drug-likeness (QED) is 0.217. The van der Waals surface area contributed by atoms with Crippen molar-refractivity contribution in [1.82, 2.24) is 4.98 Å². The van der Waals surface area contributed by atoms with Crippen LogP contribution >= 0.6 is 15.9 Å². The van der Waals surface area contributed by atoms with Crippen LogP contribution in [-0.2, 0) is 11.4 Å². The Morgan fingerprint density at radius 2 is 1.88 bits per heavy atom. The second-order valence-corrected chi connectivity index (χ2v) is 12.4. The molecule has 2 heterocycles. The number of hydrogen-bond acceptors (Lipinski definition) is 6. The molecule has 2 aliphatic rings. The first-order valence-electron chi connectivity index (χ1n) is 13.9. The number of rotatable bonds is 5. The molecule has 218 valence electrons. The zero-order valence-electron chi connectivity index (χ0n) is 23.6. The van der Waals surface area contributed by atoms with Crippen LogP contribution in [0.25, 0.3) is 0 Å². The third-order valence-corrected chi connectivity index (χ3v) is 8.16. The van der Waals surface area contributed by atoms with Crippen LogP contribution in [0.3, 0.4) is 0 Å². The monoisotopic (exact) mass is 641 g/mol. The van der Waals surface area contributed by atoms with E-state index in [2.05, 4.69) is 26.2 Å². The highest BCUT2D eigenvalue weighted by molar-refractivity contribution is 9.10. The summed E-state index contributed by atoms with van der Waals surface area (Å²) < 4.78 is 22.8. The van der Waals surface area contributed by atoms with E-state index in [1.165, 1.54) is 23.2 Å². The summed E-state index contributed by atoms with van der Waals surface area (Å²) in [5.41, 5.74) is 2.13. The molecule has 0 saturated heterocycles. The van der Waals surface area contributed by atoms with Gasteiger partial charge in [0.1, 0.15) is 35.3 Å². The van der Waals surface area contributed by atoms with E-state index in [1.54, 1.807) is 36.4 Å². The van der Waals surface area contributed by atoms with Crippen molar-refractivity contribution in [2.75, 3.05) is 10.2 Å². The molecule has 1 aliphatic carbocycles. The van der Waals surface area contributed by atoms with Crippen molar-refractivity contribution in [3.8, 4) is 11.5 Å². The van der Waals surface area contributed by atoms with E-state index < -0.39 is 23.2 Å². The summed E-state index contributed by atoms with van der Waals surface area (Å²) in [5.74, 6) is -1.19. The lowest BCUT2D eigenvalue weighted by Crippen LogP contribution is -2.40. The van der Waals surface area contributed by atoms with E-state index in [9.17, 15) is 14.7 Å². The number of carbonyl (C=O) groups excluding carboxylic acids is 2. The van der Waals surface area contributed by atoms with Crippen molar-refractivity contribution in [2.24, 2.45) is 5.41 Å². The van der Waals surface area contributed by atoms with Crippen LogP contribution < -0.4 is 15.0 Å². The van der Waals surface area contributed by atoms with E-state index in [1.807, 2.05) is 44.2 Å². The average Bonchev–Trinajstić information content (AvgIpc) is 3.11. The number of allylic oxidation sites excluding steroid dienone is 1. The Kier molecular flexibility index (Phi) is 7.52. The van der Waals surface area contributed by atoms with Crippen molar-refractivity contribution in [2.45, 2.75) is 39.3 Å². The molecule has 9 heteroatoms. The predicted octanol–water partition coefficient (Wildman–Crippen LogP) is 7.72. The number of phenolic OH excluding ortho intramolecular Hbond substituents is 1. The molecule has 6 rings (SSSR count). The minimum Gasteiger partial charge on any atom is -0.506 e. The summed E-state index contributed by atoms with van der Waals surface area (Å²) in [5, 5.41) is 14.2. The number of ether oxygens (including phenoxy) is 1. The second-order valence-electron chi connectivity index (χ2n) is 11.5. The first-order valence-corrected chi connectivity index (χ1v) is 14.7. The van der Waals surface area contributed by atoms with E-state index in [4.69, 9.17) is 4.74 Å². The number of para-hydroxylation sites is 1. The van der Waals surface area contributed by atoms with Crippen LogP contribution in [0, 0.1) is 11.2 Å². The van der Waals surface area contributed by atoms with Gasteiger partial charge >= 0.3 is 0 Å². The fourth-order valence-electron chi connectivity index (χ4n) is 5.75. The zero-order valence-corrected chi connectivity index (χ0v) is 25.2. The standard InChI is InChI=1S/C34H29BrFN3O4/c1-34(2)16-26-30(29(41)17-34)32(23-13-12-22(15-24(23)36)43-19-20-7-4-3-5-8-20)39(27-9-6-10-28(40)31(27)38-26)33(42)25-14-11-21(35)18-37-25/h3-15,18,32,38,40H,16-17,19H2,1-2H3. The first-order chi connectivity index (χ1) is 20.6. The molecule has 1 atom stereocenters. The number of hydrogen-bond donors (Lipinski definition) is 2. The Bertz CT molecular complexity index is 1760. The van der Waals surface area contributed by atoms with Crippen LogP contribution in [0.1, 0.15) is 54.3 Å². The maximum atomic E-state index is 16.2. The minimum atomic E-state index is -1.14. The summed E-state index contributed by atoms with van der Waals surface area (Å²) in [7, 11) is 0. The van der Waals surface area contributed by atoms with Crippen molar-refractivity contribution in [3.63, 3.8) is 0 Å². The van der Waals surface area contributed by atoms with Gasteiger partial charge in [0, 0.05) is 40.0 Å². The van der Waals surface area contributed by atoms with Gasteiger partial charge in [-0.3, -0.25) is 14.5 Å². The Morgan fingerprint density at radius 1 is 1.09 bits per heavy atom. The highest BCUT2D eigenvalue weighted by atomic mass is 79.9. The third kappa shape index (κ3) is 5.64. The van der Waals surface area contributed by atoms with Crippen LogP contribution in [-0.4, -0.2) is 21.8 Å². The van der Waals surface area contributed by atoms with Gasteiger partial charge in [-0.15, -0.1) is 0 Å². The van der Waals surface area contributed by atoms with Gasteiger partial charge in [0.25, 0.3) is 5.91 Å². The summed E-state index contributed by atoms with van der Waals surface area (Å²) in [6.07, 6.45) is 2.17. The first kappa shape index (κ1) is 28.6. The normalized spacial score (nSPS) is 17.4. The van der Waals surface area contributed by atoms with Gasteiger partial charge in [-0.2, -0.15) is 0 Å². The lowest BCUT2D eigenvalue weighted by atomic mass is 9.73. The fourth-order valence-corrected chi connectivity index (χ4v) is 5.98. The van der Waals surface area contributed by atoms with Crippen molar-refractivity contribution in [3.05, 3.63) is 123 Å². The number of fused-ring (bicyclic) bond motifs is 1. The molecule has 43 heavy (non-hydrogen) atoms. The summed E-state index contributed by atoms with van der Waals surface area (Å²) >= 11 is 3.35. The Hall–Kier alpha value is -4.50. The van der Waals surface area contributed by atoms with Gasteiger partial charge in [0.05, 0.1) is 11.7 Å². The topological polar surface area (TPSA) is 91.8 Å². The SMILES string of the molecule is CC1(C)CC(=O)C2=C(C1)Nc1c(O)cccc1N(C(=O)c1ccc(Br)cn1)C2c1ccc(OCc2ccccc2)cc1F. The number of carbonyl (C=O) groups is 2. The molecule has 1 aromatic heterocycles. The lowest BCUT2D eigenvalue weighted by Gasteiger charge is -2.37. The van der Waals surface area contributed by atoms with Crippen molar-refractivity contribution in [1.29, 1.82) is 0 Å². The second kappa shape index (κ2) is 11.3. The molecular formula is C34H29BrFN3O4. The number of aromatic hydroxyl groups is 1. The minimum absolute atomic E-state index is 0.0957. The van der Waals surface area contributed by atoms with Crippen molar-refractivity contribution >= 4 is 39.0 Å². The number of phenols is 1. The summed E-state index contributed by atoms with van der Waals surface area (Å²) in [6.45, 7) is 4.22. The summed E-state index contributed by atoms with van der Waals surface area (Å²) in [6, 6.07) is 20.9. The average molecular weight is 643 g/mol. The largest absolute Gasteiger partial charge is 0.506 e. The molecule has 2 N–H and O–H groups in total. The third-order valence-electron chi connectivity index (χ3n) is 7.69. The number of nitrogens with one attached hydrogen (secondary N) is 1. The number of pyridine rings is 1. The predicted molar refractivity (Wildman–Crippen MR) is 165 cm³/mol. The molecule has 0 bridgehead atoms. The van der Waals surface area contributed by atoms with Gasteiger partial charge in [0.2, 0.25) is 0 Å². The van der Waals surface area contributed by atoms with Gasteiger partial charge in [-0.25, -0.2) is 9.37 Å². The molecule has 7 nitrogen and oxygen atoms in total. The van der Waals surface area contributed by atoms with Gasteiger partial charge in [-0.05, 0) is 69.7 Å². The van der Waals surface area contributed by atoms with Crippen LogP contribution in [0.15, 0.2) is 101 Å². The fraction of sp³-hybridized carbons (Fsp3) is 0.206. The number of anilines is 2. The number of aromatic nitrogens is 1. The van der Waals surface area contributed by atoms with Crippen molar-refractivity contribution < 1.29 is 23.8 Å².